The van der Waals surface area contributed by atoms with Crippen molar-refractivity contribution in [1.29, 1.82) is 0 Å². The van der Waals surface area contributed by atoms with E-state index in [2.05, 4.69) is 5.18 Å². The van der Waals surface area contributed by atoms with Crippen molar-refractivity contribution in [1.82, 2.24) is 0 Å². The normalized spacial score (nSPS) is 24.9. The van der Waals surface area contributed by atoms with Gasteiger partial charge >= 0.3 is 0 Å². The van der Waals surface area contributed by atoms with Crippen molar-refractivity contribution < 1.29 is 9.47 Å². The van der Waals surface area contributed by atoms with Gasteiger partial charge in [0.05, 0.1) is 19.8 Å². The molecule has 0 amide bonds. The van der Waals surface area contributed by atoms with Crippen LogP contribution in [0.5, 0.6) is 0 Å². The van der Waals surface area contributed by atoms with Gasteiger partial charge < -0.3 is 9.47 Å². The quantitative estimate of drug-likeness (QED) is 0.568. The third-order valence-corrected chi connectivity index (χ3v) is 1.67. The summed E-state index contributed by atoms with van der Waals surface area (Å²) >= 11 is 0. The number of ether oxygens (including phenoxy) is 2. The van der Waals surface area contributed by atoms with E-state index in [0.717, 1.165) is 0 Å². The number of hydrogen-bond acceptors (Lipinski definition) is 4. The zero-order valence-electron chi connectivity index (χ0n) is 6.87. The molecule has 1 aliphatic heterocycles. The molecule has 0 spiro atoms. The van der Waals surface area contributed by atoms with Gasteiger partial charge in [-0.05, 0) is 13.8 Å². The van der Waals surface area contributed by atoms with Crippen LogP contribution >= 0.6 is 0 Å². The van der Waals surface area contributed by atoms with Crippen LogP contribution in [0.1, 0.15) is 13.8 Å². The van der Waals surface area contributed by atoms with Crippen LogP contribution in [0, 0.1) is 10.8 Å². The zero-order chi connectivity index (χ0) is 8.32. The van der Waals surface area contributed by atoms with Crippen LogP contribution in [0.3, 0.4) is 0 Å². The lowest BCUT2D eigenvalue weighted by Crippen LogP contribution is -2.40. The van der Waals surface area contributed by atoms with Gasteiger partial charge in [-0.2, -0.15) is 4.91 Å². The molecular weight excluding hydrogens is 146 g/mol. The second kappa shape index (κ2) is 3.28. The predicted octanol–water partition coefficient (Wildman–Crippen LogP) is 1.15. The SMILES string of the molecule is CC1(C)OCC(CN=O)CO1. The first kappa shape index (κ1) is 8.62. The molecule has 0 bridgehead atoms. The van der Waals surface area contributed by atoms with Gasteiger partial charge in [-0.1, -0.05) is 5.18 Å². The Bertz CT molecular complexity index is 137. The Balaban J connectivity index is 2.30. The van der Waals surface area contributed by atoms with Gasteiger partial charge in [0.1, 0.15) is 0 Å². The molecule has 11 heavy (non-hydrogen) atoms. The lowest BCUT2D eigenvalue weighted by molar-refractivity contribution is -0.260. The Morgan fingerprint density at radius 1 is 1.45 bits per heavy atom. The molecule has 1 fully saturated rings. The van der Waals surface area contributed by atoms with E-state index >= 15 is 0 Å². The minimum absolute atomic E-state index is 0.139. The topological polar surface area (TPSA) is 47.9 Å². The standard InChI is InChI=1S/C7H13NO3/c1-7(2)10-4-6(3-8-9)5-11-7/h6H,3-5H2,1-2H3. The predicted molar refractivity (Wildman–Crippen MR) is 40.1 cm³/mol. The second-order valence-corrected chi connectivity index (χ2v) is 3.20. The zero-order valence-corrected chi connectivity index (χ0v) is 6.87. The largest absolute Gasteiger partial charge is 0.350 e. The summed E-state index contributed by atoms with van der Waals surface area (Å²) < 4.78 is 10.6. The average Bonchev–Trinajstić information content (AvgIpc) is 1.94. The maximum absolute atomic E-state index is 9.87. The van der Waals surface area contributed by atoms with Crippen LogP contribution in [-0.4, -0.2) is 25.5 Å². The first-order valence-electron chi connectivity index (χ1n) is 3.71. The first-order chi connectivity index (χ1) is 5.14. The van der Waals surface area contributed by atoms with E-state index in [1.54, 1.807) is 0 Å². The van der Waals surface area contributed by atoms with E-state index in [1.807, 2.05) is 13.8 Å². The summed E-state index contributed by atoms with van der Waals surface area (Å²) in [4.78, 5) is 9.87. The maximum atomic E-state index is 9.87. The van der Waals surface area contributed by atoms with Gasteiger partial charge in [-0.15, -0.1) is 0 Å². The molecule has 0 N–H and O–H groups in total. The van der Waals surface area contributed by atoms with E-state index in [9.17, 15) is 4.91 Å². The van der Waals surface area contributed by atoms with E-state index in [-0.39, 0.29) is 12.5 Å². The smallest absolute Gasteiger partial charge is 0.162 e. The highest BCUT2D eigenvalue weighted by molar-refractivity contribution is 4.68. The van der Waals surface area contributed by atoms with Crippen LogP contribution < -0.4 is 0 Å². The molecular formula is C7H13NO3. The average molecular weight is 159 g/mol. The van der Waals surface area contributed by atoms with Crippen molar-refractivity contribution in [3.63, 3.8) is 0 Å². The molecule has 1 saturated heterocycles. The van der Waals surface area contributed by atoms with Gasteiger partial charge in [-0.3, -0.25) is 0 Å². The molecule has 1 aliphatic rings. The van der Waals surface area contributed by atoms with Crippen molar-refractivity contribution in [2.45, 2.75) is 19.6 Å². The molecule has 0 aliphatic carbocycles. The lowest BCUT2D eigenvalue weighted by Gasteiger charge is -2.33. The van der Waals surface area contributed by atoms with Crippen LogP contribution in [0.25, 0.3) is 0 Å². The van der Waals surface area contributed by atoms with Crippen LogP contribution in [-0.2, 0) is 9.47 Å². The van der Waals surface area contributed by atoms with Crippen molar-refractivity contribution in [3.8, 4) is 0 Å². The molecule has 0 saturated carbocycles. The van der Waals surface area contributed by atoms with Crippen molar-refractivity contribution in [3.05, 3.63) is 4.91 Å². The summed E-state index contributed by atoms with van der Waals surface area (Å²) in [5.41, 5.74) is 0. The Morgan fingerprint density at radius 3 is 2.45 bits per heavy atom. The summed E-state index contributed by atoms with van der Waals surface area (Å²) in [5, 5.41) is 2.80. The van der Waals surface area contributed by atoms with E-state index in [4.69, 9.17) is 9.47 Å². The molecule has 1 rings (SSSR count). The highest BCUT2D eigenvalue weighted by Gasteiger charge is 2.28. The molecule has 0 aromatic rings. The van der Waals surface area contributed by atoms with Gasteiger partial charge in [-0.25, -0.2) is 0 Å². The first-order valence-corrected chi connectivity index (χ1v) is 3.71. The van der Waals surface area contributed by atoms with Gasteiger partial charge in [0.25, 0.3) is 0 Å². The number of rotatable bonds is 2. The molecule has 0 atom stereocenters. The summed E-state index contributed by atoms with van der Waals surface area (Å²) in [6.45, 7) is 5.14. The van der Waals surface area contributed by atoms with Crippen LogP contribution in [0.15, 0.2) is 5.18 Å². The highest BCUT2D eigenvalue weighted by Crippen LogP contribution is 2.20. The molecule has 1 heterocycles. The summed E-state index contributed by atoms with van der Waals surface area (Å²) in [5.74, 6) is -0.347. The molecule has 64 valence electrons. The van der Waals surface area contributed by atoms with E-state index in [0.29, 0.717) is 13.2 Å². The summed E-state index contributed by atoms with van der Waals surface area (Å²) in [6, 6.07) is 0. The second-order valence-electron chi connectivity index (χ2n) is 3.20. The van der Waals surface area contributed by atoms with E-state index < -0.39 is 5.79 Å². The summed E-state index contributed by atoms with van der Waals surface area (Å²) in [7, 11) is 0. The number of nitroso groups, excluding NO2 is 1. The fourth-order valence-electron chi connectivity index (χ4n) is 0.938. The van der Waals surface area contributed by atoms with Gasteiger partial charge in [0.2, 0.25) is 0 Å². The monoisotopic (exact) mass is 159 g/mol. The fraction of sp³-hybridized carbons (Fsp3) is 1.00. The highest BCUT2D eigenvalue weighted by atomic mass is 16.7. The Hall–Kier alpha value is -0.480. The van der Waals surface area contributed by atoms with Gasteiger partial charge in [0.15, 0.2) is 5.79 Å². The fourth-order valence-corrected chi connectivity index (χ4v) is 0.938. The summed E-state index contributed by atoms with van der Waals surface area (Å²) in [6.07, 6.45) is 0. The Kier molecular flexibility index (Phi) is 2.57. The molecule has 0 radical (unpaired) electrons. The van der Waals surface area contributed by atoms with E-state index in [1.165, 1.54) is 0 Å². The van der Waals surface area contributed by atoms with Crippen LogP contribution in [0.2, 0.25) is 0 Å². The minimum atomic E-state index is -0.487. The Labute approximate surface area is 65.8 Å². The third-order valence-electron chi connectivity index (χ3n) is 1.67. The third kappa shape index (κ3) is 2.55. The van der Waals surface area contributed by atoms with Crippen molar-refractivity contribution >= 4 is 0 Å². The minimum Gasteiger partial charge on any atom is -0.350 e. The number of nitrogens with zero attached hydrogens (tertiary/aromatic N) is 1. The van der Waals surface area contributed by atoms with Crippen LogP contribution in [0.4, 0.5) is 0 Å². The molecule has 0 unspecified atom stereocenters. The van der Waals surface area contributed by atoms with Gasteiger partial charge in [0, 0.05) is 5.92 Å². The maximum Gasteiger partial charge on any atom is 0.162 e. The number of hydrogen-bond donors (Lipinski definition) is 0. The lowest BCUT2D eigenvalue weighted by atomic mass is 10.1. The molecule has 4 heteroatoms. The Morgan fingerprint density at radius 2 is 2.00 bits per heavy atom. The molecule has 4 nitrogen and oxygen atoms in total. The molecule has 0 aromatic heterocycles. The van der Waals surface area contributed by atoms with Crippen molar-refractivity contribution in [2.75, 3.05) is 19.8 Å². The van der Waals surface area contributed by atoms with Crippen molar-refractivity contribution in [2.24, 2.45) is 11.1 Å². The molecule has 0 aromatic carbocycles.